The number of nitrogens with zero attached hydrogens (tertiary/aromatic N) is 2. The quantitative estimate of drug-likeness (QED) is 0.806. The van der Waals surface area contributed by atoms with Crippen molar-refractivity contribution in [2.45, 2.75) is 38.8 Å². The minimum Gasteiger partial charge on any atom is -0.338 e. The van der Waals surface area contributed by atoms with Gasteiger partial charge in [0.1, 0.15) is 0 Å². The Kier molecular flexibility index (Phi) is 5.46. The Morgan fingerprint density at radius 2 is 2.00 bits per heavy atom. The smallest absolute Gasteiger partial charge is 0.315 e. The van der Waals surface area contributed by atoms with Crippen molar-refractivity contribution in [2.24, 2.45) is 5.41 Å². The molecule has 2 aromatic rings. The van der Waals surface area contributed by atoms with Gasteiger partial charge in [-0.2, -0.15) is 0 Å². The minimum atomic E-state index is -0.155. The first-order valence-electron chi connectivity index (χ1n) is 9.93. The number of amides is 3. The van der Waals surface area contributed by atoms with Crippen LogP contribution >= 0.6 is 11.6 Å². The summed E-state index contributed by atoms with van der Waals surface area (Å²) in [7, 11) is 0. The lowest BCUT2D eigenvalue weighted by Gasteiger charge is -2.45. The van der Waals surface area contributed by atoms with E-state index >= 15 is 0 Å². The Balaban J connectivity index is 1.23. The third-order valence-corrected chi connectivity index (χ3v) is 6.29. The van der Waals surface area contributed by atoms with E-state index in [2.05, 4.69) is 15.6 Å². The summed E-state index contributed by atoms with van der Waals surface area (Å²) >= 11 is 5.87. The van der Waals surface area contributed by atoms with Gasteiger partial charge in [0.05, 0.1) is 0 Å². The molecule has 2 heterocycles. The number of urea groups is 1. The van der Waals surface area contributed by atoms with Crippen LogP contribution < -0.4 is 10.6 Å². The summed E-state index contributed by atoms with van der Waals surface area (Å²) < 4.78 is 0. The zero-order valence-electron chi connectivity index (χ0n) is 16.5. The topological polar surface area (TPSA) is 74.3 Å². The SMILES string of the molecule is Cc1cnccc1C(=O)N1CCC2(CC(NC(=O)NCc3ccc(Cl)cc3)C2)C1. The van der Waals surface area contributed by atoms with Crippen LogP contribution in [0.25, 0.3) is 0 Å². The van der Waals surface area contributed by atoms with Gasteiger partial charge in [0.2, 0.25) is 0 Å². The molecule has 1 aliphatic carbocycles. The Morgan fingerprint density at radius 3 is 2.72 bits per heavy atom. The molecule has 1 spiro atoms. The van der Waals surface area contributed by atoms with Gasteiger partial charge >= 0.3 is 6.03 Å². The van der Waals surface area contributed by atoms with Crippen LogP contribution in [0.1, 0.15) is 40.7 Å². The maximum atomic E-state index is 12.8. The number of carbonyl (C=O) groups excluding carboxylic acids is 2. The van der Waals surface area contributed by atoms with Crippen LogP contribution in [0.2, 0.25) is 5.02 Å². The average Bonchev–Trinajstić information content (AvgIpc) is 3.13. The number of benzene rings is 1. The summed E-state index contributed by atoms with van der Waals surface area (Å²) in [5.74, 6) is 0.0823. The molecule has 0 atom stereocenters. The largest absolute Gasteiger partial charge is 0.338 e. The van der Waals surface area contributed by atoms with Crippen molar-refractivity contribution in [1.82, 2.24) is 20.5 Å². The van der Waals surface area contributed by atoms with Crippen molar-refractivity contribution < 1.29 is 9.59 Å². The highest BCUT2D eigenvalue weighted by Crippen LogP contribution is 2.48. The fourth-order valence-electron chi connectivity index (χ4n) is 4.43. The first-order chi connectivity index (χ1) is 13.9. The van der Waals surface area contributed by atoms with Crippen molar-refractivity contribution in [1.29, 1.82) is 0 Å². The van der Waals surface area contributed by atoms with Crippen molar-refractivity contribution >= 4 is 23.5 Å². The number of likely N-dealkylation sites (tertiary alicyclic amines) is 1. The van der Waals surface area contributed by atoms with Crippen LogP contribution in [0.5, 0.6) is 0 Å². The zero-order chi connectivity index (χ0) is 20.4. The monoisotopic (exact) mass is 412 g/mol. The standard InChI is InChI=1S/C22H25ClN4O2/c1-15-12-24-8-6-19(15)20(28)27-9-7-22(14-27)10-18(11-22)26-21(29)25-13-16-2-4-17(23)5-3-16/h2-6,8,12,18H,7,9-11,13-14H2,1H3,(H2,25,26,29). The predicted octanol–water partition coefficient (Wildman–Crippen LogP) is 3.54. The van der Waals surface area contributed by atoms with E-state index in [1.165, 1.54) is 0 Å². The van der Waals surface area contributed by atoms with Gasteiger partial charge in [-0.3, -0.25) is 9.78 Å². The Hall–Kier alpha value is -2.60. The summed E-state index contributed by atoms with van der Waals surface area (Å²) in [6.45, 7) is 3.92. The number of aryl methyl sites for hydroxylation is 1. The molecule has 1 aromatic heterocycles. The molecule has 1 aromatic carbocycles. The van der Waals surface area contributed by atoms with E-state index in [0.717, 1.165) is 49.0 Å². The lowest BCUT2D eigenvalue weighted by atomic mass is 9.65. The maximum absolute atomic E-state index is 12.8. The number of halogens is 1. The molecule has 4 rings (SSSR count). The van der Waals surface area contributed by atoms with E-state index in [1.807, 2.05) is 36.1 Å². The molecule has 29 heavy (non-hydrogen) atoms. The van der Waals surface area contributed by atoms with Gasteiger partial charge in [0.15, 0.2) is 0 Å². The van der Waals surface area contributed by atoms with E-state index in [0.29, 0.717) is 11.6 Å². The average molecular weight is 413 g/mol. The molecular formula is C22H25ClN4O2. The van der Waals surface area contributed by atoms with E-state index in [-0.39, 0.29) is 23.4 Å². The van der Waals surface area contributed by atoms with Gasteiger partial charge in [-0.15, -0.1) is 0 Å². The highest BCUT2D eigenvalue weighted by molar-refractivity contribution is 6.30. The number of carbonyl (C=O) groups is 2. The van der Waals surface area contributed by atoms with Crippen molar-refractivity contribution in [3.8, 4) is 0 Å². The van der Waals surface area contributed by atoms with Crippen molar-refractivity contribution in [3.63, 3.8) is 0 Å². The Morgan fingerprint density at radius 1 is 1.24 bits per heavy atom. The van der Waals surface area contributed by atoms with Crippen LogP contribution in [0.4, 0.5) is 4.79 Å². The van der Waals surface area contributed by atoms with E-state index in [9.17, 15) is 9.59 Å². The highest BCUT2D eigenvalue weighted by Gasteiger charge is 2.49. The van der Waals surface area contributed by atoms with Gasteiger partial charge in [-0.1, -0.05) is 23.7 Å². The summed E-state index contributed by atoms with van der Waals surface area (Å²) in [5, 5.41) is 6.62. The molecule has 0 radical (unpaired) electrons. The normalized spacial score (nSPS) is 23.0. The zero-order valence-corrected chi connectivity index (χ0v) is 17.2. The third kappa shape index (κ3) is 4.37. The molecule has 1 saturated heterocycles. The van der Waals surface area contributed by atoms with Gasteiger partial charge < -0.3 is 15.5 Å². The Bertz CT molecular complexity index is 909. The molecule has 6 nitrogen and oxygen atoms in total. The summed E-state index contributed by atoms with van der Waals surface area (Å²) in [4.78, 5) is 31.0. The molecule has 2 N–H and O–H groups in total. The van der Waals surface area contributed by atoms with Gasteiger partial charge in [0, 0.05) is 48.7 Å². The maximum Gasteiger partial charge on any atom is 0.315 e. The number of hydrogen-bond acceptors (Lipinski definition) is 3. The van der Waals surface area contributed by atoms with E-state index < -0.39 is 0 Å². The molecule has 2 aliphatic rings. The van der Waals surface area contributed by atoms with Crippen LogP contribution in [0, 0.1) is 12.3 Å². The van der Waals surface area contributed by atoms with Gasteiger partial charge in [-0.25, -0.2) is 4.79 Å². The Labute approximate surface area is 175 Å². The van der Waals surface area contributed by atoms with Crippen LogP contribution in [0.3, 0.4) is 0 Å². The number of hydrogen-bond donors (Lipinski definition) is 2. The van der Waals surface area contributed by atoms with E-state index in [4.69, 9.17) is 11.6 Å². The summed E-state index contributed by atoms with van der Waals surface area (Å²) in [6.07, 6.45) is 6.22. The molecule has 2 fully saturated rings. The van der Waals surface area contributed by atoms with Crippen molar-refractivity contribution in [3.05, 3.63) is 64.4 Å². The third-order valence-electron chi connectivity index (χ3n) is 6.04. The fraction of sp³-hybridized carbons (Fsp3) is 0.409. The molecule has 1 aliphatic heterocycles. The molecule has 7 heteroatoms. The molecule has 0 bridgehead atoms. The molecule has 3 amide bonds. The predicted molar refractivity (Wildman–Crippen MR) is 112 cm³/mol. The molecule has 1 saturated carbocycles. The lowest BCUT2D eigenvalue weighted by molar-refractivity contribution is 0.0671. The van der Waals surface area contributed by atoms with Crippen molar-refractivity contribution in [2.75, 3.05) is 13.1 Å². The van der Waals surface area contributed by atoms with Crippen LogP contribution in [0.15, 0.2) is 42.7 Å². The first kappa shape index (κ1) is 19.7. The number of nitrogens with one attached hydrogen (secondary N) is 2. The first-order valence-corrected chi connectivity index (χ1v) is 10.3. The summed E-state index contributed by atoms with van der Waals surface area (Å²) in [5.41, 5.74) is 2.78. The molecule has 0 unspecified atom stereocenters. The van der Waals surface area contributed by atoms with Crippen LogP contribution in [-0.2, 0) is 6.54 Å². The number of rotatable bonds is 4. The van der Waals surface area contributed by atoms with Crippen LogP contribution in [-0.4, -0.2) is 41.0 Å². The molecular weight excluding hydrogens is 388 g/mol. The summed E-state index contributed by atoms with van der Waals surface area (Å²) in [6, 6.07) is 9.22. The second-order valence-corrected chi connectivity index (χ2v) is 8.66. The number of pyridine rings is 1. The van der Waals surface area contributed by atoms with Gasteiger partial charge in [-0.05, 0) is 60.9 Å². The minimum absolute atomic E-state index is 0.0823. The molecule has 152 valence electrons. The second kappa shape index (κ2) is 8.03. The highest BCUT2D eigenvalue weighted by atomic mass is 35.5. The lowest BCUT2D eigenvalue weighted by Crippen LogP contribution is -2.54. The fourth-order valence-corrected chi connectivity index (χ4v) is 4.56. The van der Waals surface area contributed by atoms with Gasteiger partial charge in [0.25, 0.3) is 5.91 Å². The second-order valence-electron chi connectivity index (χ2n) is 8.23. The van der Waals surface area contributed by atoms with E-state index in [1.54, 1.807) is 18.5 Å². The number of aromatic nitrogens is 1.